The van der Waals surface area contributed by atoms with Crippen molar-refractivity contribution in [2.75, 3.05) is 19.5 Å². The highest BCUT2D eigenvalue weighted by Crippen LogP contribution is 2.35. The molecule has 0 fully saturated rings. The number of nitrogens with zero attached hydrogens (tertiary/aromatic N) is 2. The van der Waals surface area contributed by atoms with Crippen LogP contribution in [0.1, 0.15) is 11.1 Å². The van der Waals surface area contributed by atoms with Gasteiger partial charge in [0.15, 0.2) is 0 Å². The topological polar surface area (TPSA) is 91.6 Å². The minimum absolute atomic E-state index is 0.287. The lowest BCUT2D eigenvalue weighted by Gasteiger charge is -2.16. The van der Waals surface area contributed by atoms with Gasteiger partial charge in [0.1, 0.15) is 18.0 Å². The van der Waals surface area contributed by atoms with Gasteiger partial charge in [-0.3, -0.25) is 14.2 Å². The van der Waals surface area contributed by atoms with E-state index in [1.165, 1.54) is 24.9 Å². The first-order valence-electron chi connectivity index (χ1n) is 10.8. The lowest BCUT2D eigenvalue weighted by atomic mass is 10.1. The second kappa shape index (κ2) is 9.68. The van der Waals surface area contributed by atoms with E-state index in [0.29, 0.717) is 33.8 Å². The zero-order chi connectivity index (χ0) is 25.3. The van der Waals surface area contributed by atoms with Gasteiger partial charge in [-0.15, -0.1) is 0 Å². The molecule has 180 valence electrons. The van der Waals surface area contributed by atoms with Gasteiger partial charge in [0, 0.05) is 6.07 Å². The molecule has 1 heterocycles. The zero-order valence-electron chi connectivity index (χ0n) is 19.7. The van der Waals surface area contributed by atoms with Gasteiger partial charge < -0.3 is 14.8 Å². The maximum atomic E-state index is 13.6. The summed E-state index contributed by atoms with van der Waals surface area (Å²) in [6.45, 7) is 3.45. The maximum absolute atomic E-state index is 13.6. The van der Waals surface area contributed by atoms with Crippen LogP contribution >= 0.6 is 11.6 Å². The molecule has 0 unspecified atom stereocenters. The maximum Gasteiger partial charge on any atom is 0.336 e. The van der Waals surface area contributed by atoms with Crippen molar-refractivity contribution in [3.63, 3.8) is 0 Å². The van der Waals surface area contributed by atoms with Gasteiger partial charge in [-0.25, -0.2) is 9.36 Å². The van der Waals surface area contributed by atoms with Crippen LogP contribution in [0.15, 0.2) is 64.2 Å². The smallest absolute Gasteiger partial charge is 0.336 e. The summed E-state index contributed by atoms with van der Waals surface area (Å²) in [6.07, 6.45) is 0. The van der Waals surface area contributed by atoms with Crippen molar-refractivity contribution in [2.45, 2.75) is 20.4 Å². The summed E-state index contributed by atoms with van der Waals surface area (Å²) in [7, 11) is 2.93. The number of carbonyl (C=O) groups is 1. The molecule has 0 atom stereocenters. The number of para-hydroxylation sites is 1. The first-order chi connectivity index (χ1) is 16.7. The number of benzene rings is 3. The Morgan fingerprint density at radius 2 is 1.60 bits per heavy atom. The second-order valence-corrected chi connectivity index (χ2v) is 8.51. The number of amides is 1. The van der Waals surface area contributed by atoms with E-state index < -0.39 is 17.2 Å². The third-order valence-electron chi connectivity index (χ3n) is 5.56. The quantitative estimate of drug-likeness (QED) is 0.437. The number of carbonyl (C=O) groups excluding carboxylic acids is 1. The number of rotatable bonds is 6. The molecule has 0 aliphatic heterocycles. The van der Waals surface area contributed by atoms with Crippen molar-refractivity contribution < 1.29 is 14.3 Å². The number of anilines is 1. The second-order valence-electron chi connectivity index (χ2n) is 8.11. The molecule has 0 radical (unpaired) electrons. The lowest BCUT2D eigenvalue weighted by molar-refractivity contribution is -0.116. The van der Waals surface area contributed by atoms with Crippen LogP contribution in [0.5, 0.6) is 11.5 Å². The normalized spacial score (nSPS) is 10.9. The number of ether oxygens (including phenoxy) is 2. The molecule has 0 saturated carbocycles. The van der Waals surface area contributed by atoms with Gasteiger partial charge in [-0.05, 0) is 55.3 Å². The Hall–Kier alpha value is -4.04. The first kappa shape index (κ1) is 24.1. The summed E-state index contributed by atoms with van der Waals surface area (Å²) in [5.41, 5.74) is 1.88. The summed E-state index contributed by atoms with van der Waals surface area (Å²) in [5.74, 6) is 0.240. The van der Waals surface area contributed by atoms with E-state index in [1.54, 1.807) is 42.5 Å². The van der Waals surface area contributed by atoms with E-state index in [2.05, 4.69) is 5.32 Å². The molecular weight excluding hydrogens is 470 g/mol. The average molecular weight is 494 g/mol. The van der Waals surface area contributed by atoms with Gasteiger partial charge in [0.2, 0.25) is 5.91 Å². The molecule has 8 nitrogen and oxygen atoms in total. The number of halogens is 1. The SMILES string of the molecule is COc1cc(OC)c(NC(=O)Cn2c(=O)n(-c3cc(C)cc(C)c3)c(=O)c3ccccc32)cc1Cl. The van der Waals surface area contributed by atoms with Crippen molar-refractivity contribution in [1.29, 1.82) is 0 Å². The van der Waals surface area contributed by atoms with Gasteiger partial charge >= 0.3 is 5.69 Å². The minimum Gasteiger partial charge on any atom is -0.495 e. The number of hydrogen-bond donors (Lipinski definition) is 1. The Morgan fingerprint density at radius 3 is 2.26 bits per heavy atom. The number of hydrogen-bond acceptors (Lipinski definition) is 5. The van der Waals surface area contributed by atoms with Crippen molar-refractivity contribution in [2.24, 2.45) is 0 Å². The van der Waals surface area contributed by atoms with Gasteiger partial charge in [0.25, 0.3) is 5.56 Å². The summed E-state index contributed by atoms with van der Waals surface area (Å²) >= 11 is 6.21. The highest BCUT2D eigenvalue weighted by molar-refractivity contribution is 6.32. The molecule has 9 heteroatoms. The number of aromatic nitrogens is 2. The summed E-state index contributed by atoms with van der Waals surface area (Å²) in [4.78, 5) is 39.9. The predicted molar refractivity (Wildman–Crippen MR) is 136 cm³/mol. The monoisotopic (exact) mass is 493 g/mol. The van der Waals surface area contributed by atoms with Gasteiger partial charge in [-0.2, -0.15) is 0 Å². The number of aryl methyl sites for hydroxylation is 2. The van der Waals surface area contributed by atoms with Crippen LogP contribution in [0.4, 0.5) is 5.69 Å². The fourth-order valence-electron chi connectivity index (χ4n) is 4.07. The Bertz CT molecular complexity index is 1550. The molecule has 3 aromatic carbocycles. The van der Waals surface area contributed by atoms with Crippen molar-refractivity contribution >= 4 is 34.1 Å². The summed E-state index contributed by atoms with van der Waals surface area (Å²) in [6, 6.07) is 15.2. The Labute approximate surface area is 206 Å². The van der Waals surface area contributed by atoms with E-state index in [0.717, 1.165) is 15.7 Å². The molecule has 0 aliphatic rings. The fourth-order valence-corrected chi connectivity index (χ4v) is 4.31. The number of nitrogens with one attached hydrogen (secondary N) is 1. The van der Waals surface area contributed by atoms with Crippen LogP contribution in [0.2, 0.25) is 5.02 Å². The fraction of sp³-hybridized carbons (Fsp3) is 0.192. The molecule has 0 aliphatic carbocycles. The summed E-state index contributed by atoms with van der Waals surface area (Å²) in [5, 5.41) is 3.34. The molecular formula is C26H24ClN3O5. The van der Waals surface area contributed by atoms with Crippen LogP contribution in [0, 0.1) is 13.8 Å². The van der Waals surface area contributed by atoms with Crippen molar-refractivity contribution in [3.05, 3.63) is 91.6 Å². The average Bonchev–Trinajstić information content (AvgIpc) is 2.81. The van der Waals surface area contributed by atoms with E-state index in [1.807, 2.05) is 19.9 Å². The van der Waals surface area contributed by atoms with Gasteiger partial charge in [-0.1, -0.05) is 29.8 Å². The van der Waals surface area contributed by atoms with E-state index in [-0.39, 0.29) is 11.6 Å². The first-order valence-corrected chi connectivity index (χ1v) is 11.2. The largest absolute Gasteiger partial charge is 0.495 e. The van der Waals surface area contributed by atoms with Crippen molar-refractivity contribution in [3.8, 4) is 17.2 Å². The minimum atomic E-state index is -0.617. The third kappa shape index (κ3) is 4.65. The van der Waals surface area contributed by atoms with Crippen LogP contribution in [0.25, 0.3) is 16.6 Å². The van der Waals surface area contributed by atoms with Crippen molar-refractivity contribution in [1.82, 2.24) is 9.13 Å². The van der Waals surface area contributed by atoms with Crippen LogP contribution in [-0.4, -0.2) is 29.3 Å². The standard InChI is InChI=1S/C26H24ClN3O5/c1-15-9-16(2)11-17(10-15)30-25(32)18-7-5-6-8-21(18)29(26(30)33)14-24(31)28-20-12-19(27)22(34-3)13-23(20)35-4/h5-13H,14H2,1-4H3,(H,28,31). The molecule has 1 amide bonds. The zero-order valence-corrected chi connectivity index (χ0v) is 20.5. The third-order valence-corrected chi connectivity index (χ3v) is 5.86. The van der Waals surface area contributed by atoms with E-state index in [9.17, 15) is 14.4 Å². The summed E-state index contributed by atoms with van der Waals surface area (Å²) < 4.78 is 12.9. The lowest BCUT2D eigenvalue weighted by Crippen LogP contribution is -2.40. The molecule has 35 heavy (non-hydrogen) atoms. The molecule has 4 rings (SSSR count). The Kier molecular flexibility index (Phi) is 6.66. The van der Waals surface area contributed by atoms with Crippen LogP contribution in [0.3, 0.4) is 0 Å². The molecule has 1 aromatic heterocycles. The molecule has 0 saturated heterocycles. The van der Waals surface area contributed by atoms with Crippen LogP contribution < -0.4 is 26.0 Å². The highest BCUT2D eigenvalue weighted by Gasteiger charge is 2.18. The molecule has 0 bridgehead atoms. The molecule has 1 N–H and O–H groups in total. The Balaban J connectivity index is 1.82. The number of methoxy groups -OCH3 is 2. The van der Waals surface area contributed by atoms with Crippen LogP contribution in [-0.2, 0) is 11.3 Å². The predicted octanol–water partition coefficient (Wildman–Crippen LogP) is 4.08. The highest BCUT2D eigenvalue weighted by atomic mass is 35.5. The molecule has 0 spiro atoms. The number of fused-ring (bicyclic) bond motifs is 1. The van der Waals surface area contributed by atoms with E-state index >= 15 is 0 Å². The van der Waals surface area contributed by atoms with E-state index in [4.69, 9.17) is 21.1 Å². The van der Waals surface area contributed by atoms with Gasteiger partial charge in [0.05, 0.1) is 41.5 Å². The molecule has 4 aromatic rings. The Morgan fingerprint density at radius 1 is 0.943 bits per heavy atom.